The van der Waals surface area contributed by atoms with Crippen LogP contribution >= 0.6 is 11.8 Å². The molecule has 0 saturated heterocycles. The van der Waals surface area contributed by atoms with Gasteiger partial charge in [0, 0.05) is 12.6 Å². The molecule has 1 N–H and O–H groups in total. The van der Waals surface area contributed by atoms with Crippen LogP contribution in [0.2, 0.25) is 0 Å². The number of nitrogens with zero attached hydrogens (tertiary/aromatic N) is 2. The number of thioether (sulfide) groups is 1. The van der Waals surface area contributed by atoms with E-state index in [0.717, 1.165) is 29.0 Å². The van der Waals surface area contributed by atoms with E-state index in [0.29, 0.717) is 0 Å². The van der Waals surface area contributed by atoms with E-state index in [9.17, 15) is 0 Å². The van der Waals surface area contributed by atoms with E-state index in [2.05, 4.69) is 29.1 Å². The van der Waals surface area contributed by atoms with Gasteiger partial charge in [-0.2, -0.15) is 0 Å². The highest BCUT2D eigenvalue weighted by atomic mass is 32.2. The van der Waals surface area contributed by atoms with Crippen LogP contribution < -0.4 is 5.32 Å². The molecule has 0 aliphatic rings. The van der Waals surface area contributed by atoms with Crippen LogP contribution in [0, 0.1) is 6.92 Å². The van der Waals surface area contributed by atoms with E-state index in [1.54, 1.807) is 11.8 Å². The topological polar surface area (TPSA) is 37.8 Å². The van der Waals surface area contributed by atoms with Gasteiger partial charge in [-0.25, -0.2) is 9.97 Å². The summed E-state index contributed by atoms with van der Waals surface area (Å²) in [6.45, 7) is 7.06. The Morgan fingerprint density at radius 2 is 2.14 bits per heavy atom. The number of aromatic nitrogens is 2. The van der Waals surface area contributed by atoms with E-state index >= 15 is 0 Å². The maximum atomic E-state index is 4.37. The highest BCUT2D eigenvalue weighted by Crippen LogP contribution is 2.18. The summed E-state index contributed by atoms with van der Waals surface area (Å²) in [4.78, 5) is 8.66. The predicted molar refractivity (Wildman–Crippen MR) is 61.9 cm³/mol. The minimum Gasteiger partial charge on any atom is -0.370 e. The lowest BCUT2D eigenvalue weighted by atomic mass is 10.5. The maximum Gasteiger partial charge on any atom is 0.130 e. The molecule has 0 bridgehead atoms. The minimum atomic E-state index is 0.835. The van der Waals surface area contributed by atoms with Crippen molar-refractivity contribution in [1.82, 2.24) is 9.97 Å². The summed E-state index contributed by atoms with van der Waals surface area (Å²) in [7, 11) is 0. The standard InChI is InChI=1S/C10H17N3S/c1-4-6-14-10-7-9(11-5-2)12-8(3)13-10/h7H,4-6H2,1-3H3,(H,11,12,13). The van der Waals surface area contributed by atoms with Gasteiger partial charge in [0.15, 0.2) is 0 Å². The average Bonchev–Trinajstić information content (AvgIpc) is 2.14. The largest absolute Gasteiger partial charge is 0.370 e. The molecule has 0 spiro atoms. The fourth-order valence-electron chi connectivity index (χ4n) is 1.09. The van der Waals surface area contributed by atoms with Crippen LogP contribution in [-0.2, 0) is 0 Å². The molecule has 1 aromatic heterocycles. The second kappa shape index (κ2) is 5.86. The number of anilines is 1. The number of aryl methyl sites for hydroxylation is 1. The molecule has 0 aliphatic heterocycles. The molecule has 0 saturated carbocycles. The highest BCUT2D eigenvalue weighted by Gasteiger charge is 2.00. The van der Waals surface area contributed by atoms with Gasteiger partial charge in [0.1, 0.15) is 16.7 Å². The van der Waals surface area contributed by atoms with Crippen LogP contribution in [0.1, 0.15) is 26.1 Å². The van der Waals surface area contributed by atoms with Crippen molar-refractivity contribution in [2.24, 2.45) is 0 Å². The molecule has 78 valence electrons. The van der Waals surface area contributed by atoms with Crippen LogP contribution in [-0.4, -0.2) is 22.3 Å². The van der Waals surface area contributed by atoms with Crippen molar-refractivity contribution >= 4 is 17.6 Å². The fraction of sp³-hybridized carbons (Fsp3) is 0.600. The predicted octanol–water partition coefficient (Wildman–Crippen LogP) is 2.72. The van der Waals surface area contributed by atoms with Crippen molar-refractivity contribution in [2.75, 3.05) is 17.6 Å². The third-order valence-corrected chi connectivity index (χ3v) is 2.74. The molecule has 0 aromatic carbocycles. The lowest BCUT2D eigenvalue weighted by Gasteiger charge is -2.05. The summed E-state index contributed by atoms with van der Waals surface area (Å²) in [5.41, 5.74) is 0. The third kappa shape index (κ3) is 3.54. The van der Waals surface area contributed by atoms with Crippen LogP contribution in [0.4, 0.5) is 5.82 Å². The van der Waals surface area contributed by atoms with Crippen molar-refractivity contribution in [3.8, 4) is 0 Å². The summed E-state index contributed by atoms with van der Waals surface area (Å²) in [5.74, 6) is 2.88. The molecule has 0 amide bonds. The van der Waals surface area contributed by atoms with Crippen LogP contribution in [0.15, 0.2) is 11.1 Å². The summed E-state index contributed by atoms with van der Waals surface area (Å²) >= 11 is 1.78. The molecule has 4 heteroatoms. The summed E-state index contributed by atoms with van der Waals surface area (Å²) in [5, 5.41) is 4.27. The first-order valence-corrected chi connectivity index (χ1v) is 5.97. The Morgan fingerprint density at radius 3 is 2.79 bits per heavy atom. The van der Waals surface area contributed by atoms with Crippen molar-refractivity contribution in [2.45, 2.75) is 32.2 Å². The Hall–Kier alpha value is -0.770. The zero-order valence-corrected chi connectivity index (χ0v) is 9.82. The minimum absolute atomic E-state index is 0.835. The molecule has 1 aromatic rings. The van der Waals surface area contributed by atoms with Crippen LogP contribution in [0.25, 0.3) is 0 Å². The molecular weight excluding hydrogens is 194 g/mol. The molecular formula is C10H17N3S. The maximum absolute atomic E-state index is 4.37. The molecule has 3 nitrogen and oxygen atoms in total. The first-order chi connectivity index (χ1) is 6.76. The van der Waals surface area contributed by atoms with Crippen molar-refractivity contribution in [3.05, 3.63) is 11.9 Å². The lowest BCUT2D eigenvalue weighted by Crippen LogP contribution is -2.02. The molecule has 1 heterocycles. The van der Waals surface area contributed by atoms with E-state index in [4.69, 9.17) is 0 Å². The van der Waals surface area contributed by atoms with Gasteiger partial charge in [-0.3, -0.25) is 0 Å². The Kier molecular flexibility index (Phi) is 4.73. The molecule has 0 fully saturated rings. The first-order valence-electron chi connectivity index (χ1n) is 4.98. The smallest absolute Gasteiger partial charge is 0.130 e. The molecule has 1 rings (SSSR count). The van der Waals surface area contributed by atoms with E-state index < -0.39 is 0 Å². The van der Waals surface area contributed by atoms with Crippen LogP contribution in [0.3, 0.4) is 0 Å². The Bertz CT molecular complexity index is 289. The zero-order chi connectivity index (χ0) is 10.4. The molecule has 0 atom stereocenters. The van der Waals surface area contributed by atoms with E-state index in [1.165, 1.54) is 6.42 Å². The van der Waals surface area contributed by atoms with Crippen LogP contribution in [0.5, 0.6) is 0 Å². The average molecular weight is 211 g/mol. The normalized spacial score (nSPS) is 10.2. The van der Waals surface area contributed by atoms with Gasteiger partial charge in [-0.1, -0.05) is 6.92 Å². The number of nitrogens with one attached hydrogen (secondary N) is 1. The van der Waals surface area contributed by atoms with Gasteiger partial charge in [-0.05, 0) is 26.0 Å². The monoisotopic (exact) mass is 211 g/mol. The van der Waals surface area contributed by atoms with E-state index in [1.807, 2.05) is 13.0 Å². The number of hydrogen-bond donors (Lipinski definition) is 1. The van der Waals surface area contributed by atoms with Gasteiger partial charge < -0.3 is 5.32 Å². The van der Waals surface area contributed by atoms with Gasteiger partial charge in [-0.15, -0.1) is 11.8 Å². The first kappa shape index (κ1) is 11.3. The van der Waals surface area contributed by atoms with Crippen molar-refractivity contribution in [3.63, 3.8) is 0 Å². The summed E-state index contributed by atoms with van der Waals surface area (Å²) in [6.07, 6.45) is 1.17. The Labute approximate surface area is 89.7 Å². The van der Waals surface area contributed by atoms with Crippen molar-refractivity contribution < 1.29 is 0 Å². The fourth-order valence-corrected chi connectivity index (χ4v) is 1.90. The van der Waals surface area contributed by atoms with E-state index in [-0.39, 0.29) is 0 Å². The number of hydrogen-bond acceptors (Lipinski definition) is 4. The summed E-state index contributed by atoms with van der Waals surface area (Å²) in [6, 6.07) is 2.01. The zero-order valence-electron chi connectivity index (χ0n) is 9.00. The Balaban J connectivity index is 2.73. The molecule has 14 heavy (non-hydrogen) atoms. The SMILES string of the molecule is CCCSc1cc(NCC)nc(C)n1. The van der Waals surface area contributed by atoms with Gasteiger partial charge in [0.05, 0.1) is 0 Å². The van der Waals surface area contributed by atoms with Gasteiger partial charge >= 0.3 is 0 Å². The highest BCUT2D eigenvalue weighted by molar-refractivity contribution is 7.99. The second-order valence-corrected chi connectivity index (χ2v) is 4.13. The second-order valence-electron chi connectivity index (χ2n) is 3.02. The quantitative estimate of drug-likeness (QED) is 0.600. The lowest BCUT2D eigenvalue weighted by molar-refractivity contribution is 0.958. The number of rotatable bonds is 5. The van der Waals surface area contributed by atoms with Gasteiger partial charge in [0.2, 0.25) is 0 Å². The van der Waals surface area contributed by atoms with Gasteiger partial charge in [0.25, 0.3) is 0 Å². The molecule has 0 unspecified atom stereocenters. The third-order valence-electron chi connectivity index (χ3n) is 1.63. The molecule has 0 aliphatic carbocycles. The summed E-state index contributed by atoms with van der Waals surface area (Å²) < 4.78 is 0. The molecule has 0 radical (unpaired) electrons. The Morgan fingerprint density at radius 1 is 1.36 bits per heavy atom. The van der Waals surface area contributed by atoms with Crippen molar-refractivity contribution in [1.29, 1.82) is 0 Å².